The van der Waals surface area contributed by atoms with Gasteiger partial charge in [0.25, 0.3) is 0 Å². The van der Waals surface area contributed by atoms with Gasteiger partial charge in [0.2, 0.25) is 0 Å². The van der Waals surface area contributed by atoms with Crippen molar-refractivity contribution in [2.24, 2.45) is 17.8 Å². The fraction of sp³-hybridized carbons (Fsp3) is 0.833. The number of alkyl halides is 1. The minimum atomic E-state index is -0.344. The summed E-state index contributed by atoms with van der Waals surface area (Å²) >= 11 is 0. The molecule has 0 spiro atoms. The normalized spacial score (nSPS) is 35.9. The summed E-state index contributed by atoms with van der Waals surface area (Å²) in [4.78, 5) is 0. The topological polar surface area (TPSA) is 9.23 Å². The van der Waals surface area contributed by atoms with Gasteiger partial charge >= 0.3 is 0 Å². The summed E-state index contributed by atoms with van der Waals surface area (Å²) in [6.45, 7) is 0.733. The molecule has 2 unspecified atom stereocenters. The summed E-state index contributed by atoms with van der Waals surface area (Å²) in [5.74, 6) is 2.49. The van der Waals surface area contributed by atoms with Gasteiger partial charge in [-0.05, 0) is 43.4 Å². The largest absolute Gasteiger partial charge is 0.378 e. The lowest BCUT2D eigenvalue weighted by atomic mass is 10.1. The highest BCUT2D eigenvalue weighted by Crippen LogP contribution is 2.52. The molecule has 0 amide bonds. The van der Waals surface area contributed by atoms with Crippen LogP contribution in [-0.2, 0) is 4.74 Å². The molecule has 0 bridgehead atoms. The quantitative estimate of drug-likeness (QED) is 0.498. The number of hydrogen-bond donors (Lipinski definition) is 0. The lowest BCUT2D eigenvalue weighted by molar-refractivity contribution is 0.104. The van der Waals surface area contributed by atoms with Crippen LogP contribution in [0.3, 0.4) is 0 Å². The number of fused-ring (bicyclic) bond motifs is 1. The van der Waals surface area contributed by atoms with Crippen molar-refractivity contribution in [2.45, 2.75) is 25.7 Å². The van der Waals surface area contributed by atoms with Gasteiger partial charge in [-0.1, -0.05) is 12.2 Å². The maximum absolute atomic E-state index is 11.8. The molecule has 0 radical (unpaired) electrons. The van der Waals surface area contributed by atoms with Gasteiger partial charge in [0.05, 0.1) is 13.2 Å². The predicted octanol–water partition coefficient (Wildman–Crippen LogP) is 2.96. The van der Waals surface area contributed by atoms with Gasteiger partial charge in [-0.2, -0.15) is 0 Å². The van der Waals surface area contributed by atoms with E-state index in [2.05, 4.69) is 12.2 Å². The van der Waals surface area contributed by atoms with Crippen molar-refractivity contribution >= 4 is 0 Å². The van der Waals surface area contributed by atoms with E-state index >= 15 is 0 Å². The number of rotatable bonds is 4. The molecule has 80 valence electrons. The first-order chi connectivity index (χ1) is 6.93. The van der Waals surface area contributed by atoms with E-state index in [-0.39, 0.29) is 13.3 Å². The van der Waals surface area contributed by atoms with Crippen LogP contribution in [0.2, 0.25) is 0 Å². The number of ether oxygens (including phenoxy) is 1. The second-order valence-corrected chi connectivity index (χ2v) is 4.38. The van der Waals surface area contributed by atoms with Gasteiger partial charge in [-0.25, -0.2) is 4.39 Å². The molecule has 0 aromatic rings. The Kier molecular flexibility index (Phi) is 3.57. The summed E-state index contributed by atoms with van der Waals surface area (Å²) in [5, 5.41) is 0. The second-order valence-electron chi connectivity index (χ2n) is 4.38. The molecule has 1 saturated carbocycles. The molecule has 2 aliphatic rings. The Labute approximate surface area is 85.3 Å². The molecule has 2 rings (SSSR count). The van der Waals surface area contributed by atoms with E-state index in [0.717, 1.165) is 24.4 Å². The Bertz CT molecular complexity index is 186. The molecular weight excluding hydrogens is 179 g/mol. The SMILES string of the molecule is FCCOCC1C2CCC=CCCC21. The highest BCUT2D eigenvalue weighted by molar-refractivity contribution is 5.01. The Morgan fingerprint density at radius 3 is 2.36 bits per heavy atom. The summed E-state index contributed by atoms with van der Waals surface area (Å²) in [5.41, 5.74) is 0. The minimum Gasteiger partial charge on any atom is -0.378 e. The smallest absolute Gasteiger partial charge is 0.113 e. The van der Waals surface area contributed by atoms with Crippen LogP contribution < -0.4 is 0 Å². The molecule has 2 atom stereocenters. The highest BCUT2D eigenvalue weighted by atomic mass is 19.1. The summed E-state index contributed by atoms with van der Waals surface area (Å²) in [6.07, 6.45) is 9.67. The van der Waals surface area contributed by atoms with Crippen molar-refractivity contribution in [3.63, 3.8) is 0 Å². The molecular formula is C12H19FO. The minimum absolute atomic E-state index is 0.286. The third kappa shape index (κ3) is 2.35. The van der Waals surface area contributed by atoms with Gasteiger partial charge in [-0.3, -0.25) is 0 Å². The first kappa shape index (κ1) is 10.2. The zero-order valence-corrected chi connectivity index (χ0v) is 8.62. The van der Waals surface area contributed by atoms with Gasteiger partial charge in [0, 0.05) is 0 Å². The second kappa shape index (κ2) is 4.92. The van der Waals surface area contributed by atoms with E-state index in [9.17, 15) is 4.39 Å². The van der Waals surface area contributed by atoms with Crippen molar-refractivity contribution < 1.29 is 9.13 Å². The van der Waals surface area contributed by atoms with E-state index in [0.29, 0.717) is 0 Å². The van der Waals surface area contributed by atoms with Crippen molar-refractivity contribution in [3.8, 4) is 0 Å². The van der Waals surface area contributed by atoms with Gasteiger partial charge in [0.1, 0.15) is 6.67 Å². The van der Waals surface area contributed by atoms with Crippen LogP contribution in [0.15, 0.2) is 12.2 Å². The van der Waals surface area contributed by atoms with Crippen LogP contribution in [-0.4, -0.2) is 19.9 Å². The fourth-order valence-corrected chi connectivity index (χ4v) is 2.71. The van der Waals surface area contributed by atoms with E-state index in [1.165, 1.54) is 25.7 Å². The molecule has 2 heteroatoms. The molecule has 0 aromatic heterocycles. The van der Waals surface area contributed by atoms with Crippen LogP contribution in [0.25, 0.3) is 0 Å². The van der Waals surface area contributed by atoms with Gasteiger partial charge in [0.15, 0.2) is 0 Å². The van der Waals surface area contributed by atoms with Gasteiger partial charge < -0.3 is 4.74 Å². The summed E-state index contributed by atoms with van der Waals surface area (Å²) in [6, 6.07) is 0. The van der Waals surface area contributed by atoms with Crippen molar-refractivity contribution in [1.29, 1.82) is 0 Å². The average Bonchev–Trinajstić information content (AvgIpc) is 2.76. The Balaban J connectivity index is 1.71. The zero-order valence-electron chi connectivity index (χ0n) is 8.62. The maximum atomic E-state index is 11.8. The summed E-state index contributed by atoms with van der Waals surface area (Å²) in [7, 11) is 0. The van der Waals surface area contributed by atoms with Crippen LogP contribution in [0.4, 0.5) is 4.39 Å². The Morgan fingerprint density at radius 1 is 1.14 bits per heavy atom. The number of allylic oxidation sites excluding steroid dienone is 2. The van der Waals surface area contributed by atoms with Crippen LogP contribution in [0.5, 0.6) is 0 Å². The van der Waals surface area contributed by atoms with Crippen LogP contribution >= 0.6 is 0 Å². The molecule has 0 heterocycles. The molecule has 1 nitrogen and oxygen atoms in total. The monoisotopic (exact) mass is 198 g/mol. The maximum Gasteiger partial charge on any atom is 0.113 e. The summed E-state index contributed by atoms with van der Waals surface area (Å²) < 4.78 is 17.1. The Morgan fingerprint density at radius 2 is 1.79 bits per heavy atom. The molecule has 2 aliphatic carbocycles. The number of halogens is 1. The lowest BCUT2D eigenvalue weighted by Crippen LogP contribution is -2.01. The van der Waals surface area contributed by atoms with E-state index < -0.39 is 0 Å². The molecule has 0 aliphatic heterocycles. The zero-order chi connectivity index (χ0) is 9.80. The van der Waals surface area contributed by atoms with Crippen LogP contribution in [0, 0.1) is 17.8 Å². The first-order valence-corrected chi connectivity index (χ1v) is 5.72. The van der Waals surface area contributed by atoms with E-state index in [1.807, 2.05) is 0 Å². The highest BCUT2D eigenvalue weighted by Gasteiger charge is 2.48. The predicted molar refractivity (Wildman–Crippen MR) is 54.9 cm³/mol. The third-order valence-corrected chi connectivity index (χ3v) is 3.54. The standard InChI is InChI=1S/C12H19FO/c13-7-8-14-9-12-10-5-3-1-2-4-6-11(10)12/h1-2,10-12H,3-9H2. The van der Waals surface area contributed by atoms with Crippen molar-refractivity contribution in [1.82, 2.24) is 0 Å². The van der Waals surface area contributed by atoms with E-state index in [4.69, 9.17) is 4.74 Å². The number of hydrogen-bond acceptors (Lipinski definition) is 1. The Hall–Kier alpha value is -0.370. The molecule has 0 N–H and O–H groups in total. The molecule has 0 aromatic carbocycles. The lowest BCUT2D eigenvalue weighted by Gasteiger charge is -1.99. The molecule has 1 fully saturated rings. The fourth-order valence-electron chi connectivity index (χ4n) is 2.71. The first-order valence-electron chi connectivity index (χ1n) is 5.72. The van der Waals surface area contributed by atoms with Crippen molar-refractivity contribution in [3.05, 3.63) is 12.2 Å². The van der Waals surface area contributed by atoms with E-state index in [1.54, 1.807) is 0 Å². The van der Waals surface area contributed by atoms with Gasteiger partial charge in [-0.15, -0.1) is 0 Å². The molecule has 14 heavy (non-hydrogen) atoms. The average molecular weight is 198 g/mol. The van der Waals surface area contributed by atoms with Crippen molar-refractivity contribution in [2.75, 3.05) is 19.9 Å². The molecule has 0 saturated heterocycles. The van der Waals surface area contributed by atoms with Crippen LogP contribution in [0.1, 0.15) is 25.7 Å². The third-order valence-electron chi connectivity index (χ3n) is 3.54.